The van der Waals surface area contributed by atoms with Crippen molar-refractivity contribution in [1.29, 1.82) is 0 Å². The third kappa shape index (κ3) is 2.00. The van der Waals surface area contributed by atoms with E-state index in [-0.39, 0.29) is 5.91 Å². The number of methoxy groups -OCH3 is 1. The van der Waals surface area contributed by atoms with Crippen LogP contribution in [0.2, 0.25) is 0 Å². The number of hydrogen-bond donors (Lipinski definition) is 1. The van der Waals surface area contributed by atoms with Crippen molar-refractivity contribution in [1.82, 2.24) is 4.90 Å². The number of carbonyl (C=O) groups is 2. The number of amides is 1. The van der Waals surface area contributed by atoms with Crippen LogP contribution in [0.1, 0.15) is 20.3 Å². The van der Waals surface area contributed by atoms with Crippen LogP contribution in [0.3, 0.4) is 0 Å². The van der Waals surface area contributed by atoms with Crippen molar-refractivity contribution < 1.29 is 19.5 Å². The number of esters is 1. The summed E-state index contributed by atoms with van der Waals surface area (Å²) in [6.07, 6.45) is 1.73. The van der Waals surface area contributed by atoms with Gasteiger partial charge in [-0.05, 0) is 20.3 Å². The van der Waals surface area contributed by atoms with Crippen LogP contribution in [-0.4, -0.2) is 47.9 Å². The molecule has 1 rings (SSSR count). The van der Waals surface area contributed by atoms with Gasteiger partial charge in [0, 0.05) is 6.54 Å². The summed E-state index contributed by atoms with van der Waals surface area (Å²) in [5, 5.41) is 11.4. The Morgan fingerprint density at radius 2 is 2.38 bits per heavy atom. The van der Waals surface area contributed by atoms with E-state index in [1.54, 1.807) is 13.8 Å². The van der Waals surface area contributed by atoms with Crippen LogP contribution in [0.5, 0.6) is 0 Å². The van der Waals surface area contributed by atoms with E-state index in [1.165, 1.54) is 18.2 Å². The SMILES string of the molecule is COC(=O)[C@@H](C)N1CCC(C)(/C=N\O)C1=O. The Balaban J connectivity index is 2.82. The zero-order valence-corrected chi connectivity index (χ0v) is 9.64. The molecule has 1 fully saturated rings. The van der Waals surface area contributed by atoms with Crippen molar-refractivity contribution in [3.8, 4) is 0 Å². The van der Waals surface area contributed by atoms with E-state index in [9.17, 15) is 9.59 Å². The van der Waals surface area contributed by atoms with Crippen LogP contribution in [0, 0.1) is 5.41 Å². The minimum Gasteiger partial charge on any atom is -0.467 e. The zero-order valence-electron chi connectivity index (χ0n) is 9.64. The van der Waals surface area contributed by atoms with Crippen molar-refractivity contribution >= 4 is 18.1 Å². The first-order valence-electron chi connectivity index (χ1n) is 5.04. The van der Waals surface area contributed by atoms with E-state index in [1.807, 2.05) is 0 Å². The molecular formula is C10H16N2O4. The van der Waals surface area contributed by atoms with E-state index in [2.05, 4.69) is 9.89 Å². The van der Waals surface area contributed by atoms with Crippen LogP contribution in [-0.2, 0) is 14.3 Å². The Morgan fingerprint density at radius 3 is 2.88 bits per heavy atom. The monoisotopic (exact) mass is 228 g/mol. The lowest BCUT2D eigenvalue weighted by Crippen LogP contribution is -2.43. The third-order valence-electron chi connectivity index (χ3n) is 2.97. The predicted octanol–water partition coefficient (Wildman–Crippen LogP) is 0.246. The Bertz CT molecular complexity index is 329. The smallest absolute Gasteiger partial charge is 0.328 e. The van der Waals surface area contributed by atoms with Gasteiger partial charge in [0.05, 0.1) is 18.7 Å². The van der Waals surface area contributed by atoms with E-state index in [4.69, 9.17) is 5.21 Å². The average Bonchev–Trinajstić information content (AvgIpc) is 2.54. The number of rotatable bonds is 3. The molecule has 0 aliphatic carbocycles. The molecule has 1 N–H and O–H groups in total. The highest BCUT2D eigenvalue weighted by Gasteiger charge is 2.45. The Labute approximate surface area is 93.9 Å². The summed E-state index contributed by atoms with van der Waals surface area (Å²) in [5.41, 5.74) is -0.822. The van der Waals surface area contributed by atoms with Gasteiger partial charge in [-0.15, -0.1) is 5.16 Å². The van der Waals surface area contributed by atoms with Crippen molar-refractivity contribution in [2.45, 2.75) is 26.3 Å². The first kappa shape index (κ1) is 12.5. The van der Waals surface area contributed by atoms with Gasteiger partial charge >= 0.3 is 5.97 Å². The molecule has 0 spiro atoms. The standard InChI is InChI=1S/C10H16N2O4/c1-7(8(13)16-3)12-5-4-10(2,6-11-15)9(12)14/h6-7,15H,4-5H2,1-3H3/b11-6-/t7-,10?/m1/s1. The summed E-state index contributed by atoms with van der Waals surface area (Å²) >= 11 is 0. The summed E-state index contributed by atoms with van der Waals surface area (Å²) in [4.78, 5) is 24.7. The van der Waals surface area contributed by atoms with Gasteiger partial charge in [0.15, 0.2) is 0 Å². The largest absolute Gasteiger partial charge is 0.467 e. The number of oxime groups is 1. The lowest BCUT2D eigenvalue weighted by atomic mass is 9.91. The highest BCUT2D eigenvalue weighted by Crippen LogP contribution is 2.31. The van der Waals surface area contributed by atoms with Crippen molar-refractivity contribution in [2.24, 2.45) is 10.6 Å². The second kappa shape index (κ2) is 4.51. The molecule has 1 heterocycles. The summed E-state index contributed by atoms with van der Waals surface area (Å²) in [6.45, 7) is 3.75. The van der Waals surface area contributed by atoms with E-state index in [0.29, 0.717) is 13.0 Å². The Morgan fingerprint density at radius 1 is 1.75 bits per heavy atom. The van der Waals surface area contributed by atoms with Crippen LogP contribution >= 0.6 is 0 Å². The van der Waals surface area contributed by atoms with E-state index in [0.717, 1.165) is 0 Å². The number of hydrogen-bond acceptors (Lipinski definition) is 5. The minimum atomic E-state index is -0.822. The van der Waals surface area contributed by atoms with Gasteiger partial charge in [-0.2, -0.15) is 0 Å². The fourth-order valence-corrected chi connectivity index (χ4v) is 1.80. The molecular weight excluding hydrogens is 212 g/mol. The fraction of sp³-hybridized carbons (Fsp3) is 0.700. The number of ether oxygens (including phenoxy) is 1. The Hall–Kier alpha value is -1.59. The maximum atomic E-state index is 12.0. The van der Waals surface area contributed by atoms with Crippen molar-refractivity contribution in [2.75, 3.05) is 13.7 Å². The summed E-state index contributed by atoms with van der Waals surface area (Å²) < 4.78 is 4.59. The van der Waals surface area contributed by atoms with Gasteiger partial charge in [0.1, 0.15) is 6.04 Å². The molecule has 0 saturated carbocycles. The lowest BCUT2D eigenvalue weighted by Gasteiger charge is -2.24. The summed E-state index contributed by atoms with van der Waals surface area (Å²) in [6, 6.07) is -0.605. The second-order valence-corrected chi connectivity index (χ2v) is 4.11. The molecule has 0 aromatic rings. The Kier molecular flexibility index (Phi) is 3.51. The number of nitrogens with zero attached hydrogens (tertiary/aromatic N) is 2. The van der Waals surface area contributed by atoms with Crippen LogP contribution in [0.15, 0.2) is 5.16 Å². The fourth-order valence-electron chi connectivity index (χ4n) is 1.80. The van der Waals surface area contributed by atoms with E-state index >= 15 is 0 Å². The normalized spacial score (nSPS) is 27.4. The van der Waals surface area contributed by atoms with Gasteiger partial charge in [0.25, 0.3) is 0 Å². The first-order chi connectivity index (χ1) is 7.46. The molecule has 0 bridgehead atoms. The molecule has 1 saturated heterocycles. The summed E-state index contributed by atoms with van der Waals surface area (Å²) in [7, 11) is 1.29. The lowest BCUT2D eigenvalue weighted by molar-refractivity contribution is -0.151. The highest BCUT2D eigenvalue weighted by molar-refractivity contribution is 6.01. The molecule has 0 aromatic heterocycles. The second-order valence-electron chi connectivity index (χ2n) is 4.11. The van der Waals surface area contributed by atoms with Gasteiger partial charge in [0.2, 0.25) is 5.91 Å². The van der Waals surface area contributed by atoms with Crippen LogP contribution in [0.25, 0.3) is 0 Å². The number of carbonyl (C=O) groups excluding carboxylic acids is 2. The first-order valence-corrected chi connectivity index (χ1v) is 5.04. The van der Waals surface area contributed by atoms with Gasteiger partial charge in [-0.25, -0.2) is 4.79 Å². The minimum absolute atomic E-state index is 0.219. The van der Waals surface area contributed by atoms with Crippen LogP contribution < -0.4 is 0 Å². The zero-order chi connectivity index (χ0) is 12.3. The third-order valence-corrected chi connectivity index (χ3v) is 2.97. The molecule has 1 aliphatic rings. The van der Waals surface area contributed by atoms with E-state index < -0.39 is 17.4 Å². The van der Waals surface area contributed by atoms with Gasteiger partial charge < -0.3 is 14.8 Å². The average molecular weight is 228 g/mol. The maximum Gasteiger partial charge on any atom is 0.328 e. The topological polar surface area (TPSA) is 79.2 Å². The molecule has 6 nitrogen and oxygen atoms in total. The summed E-state index contributed by atoms with van der Waals surface area (Å²) in [5.74, 6) is -0.665. The molecule has 2 atom stereocenters. The molecule has 90 valence electrons. The maximum absolute atomic E-state index is 12.0. The van der Waals surface area contributed by atoms with Crippen molar-refractivity contribution in [3.05, 3.63) is 0 Å². The predicted molar refractivity (Wildman–Crippen MR) is 56.2 cm³/mol. The molecule has 16 heavy (non-hydrogen) atoms. The quantitative estimate of drug-likeness (QED) is 0.325. The molecule has 1 aliphatic heterocycles. The molecule has 0 aromatic carbocycles. The number of likely N-dealkylation sites (tertiary alicyclic amines) is 1. The van der Waals surface area contributed by atoms with Gasteiger partial charge in [-0.1, -0.05) is 0 Å². The molecule has 0 radical (unpaired) electrons. The van der Waals surface area contributed by atoms with Gasteiger partial charge in [-0.3, -0.25) is 4.79 Å². The highest BCUT2D eigenvalue weighted by atomic mass is 16.5. The molecule has 6 heteroatoms. The van der Waals surface area contributed by atoms with Crippen LogP contribution in [0.4, 0.5) is 0 Å². The van der Waals surface area contributed by atoms with Crippen molar-refractivity contribution in [3.63, 3.8) is 0 Å². The molecule has 1 amide bonds. The molecule has 1 unspecified atom stereocenters.